The van der Waals surface area contributed by atoms with Gasteiger partial charge in [-0.05, 0) is 38.3 Å². The Kier molecular flexibility index (Phi) is 3.53. The van der Waals surface area contributed by atoms with E-state index in [0.717, 1.165) is 38.8 Å². The minimum Gasteiger partial charge on any atom is -0.390 e. The van der Waals surface area contributed by atoms with E-state index in [1.54, 1.807) is 0 Å². The summed E-state index contributed by atoms with van der Waals surface area (Å²) in [5.74, 6) is 0.442. The Morgan fingerprint density at radius 1 is 1.42 bits per heavy atom. The molecular formula is C10H21NO. The summed E-state index contributed by atoms with van der Waals surface area (Å²) in [6.07, 6.45) is 4.08. The molecule has 72 valence electrons. The van der Waals surface area contributed by atoms with Gasteiger partial charge in [-0.15, -0.1) is 0 Å². The molecule has 1 heterocycles. The molecular weight excluding hydrogens is 150 g/mol. The van der Waals surface area contributed by atoms with Crippen molar-refractivity contribution in [2.75, 3.05) is 13.1 Å². The van der Waals surface area contributed by atoms with Gasteiger partial charge in [0, 0.05) is 0 Å². The molecule has 2 heteroatoms. The summed E-state index contributed by atoms with van der Waals surface area (Å²) in [5, 5.41) is 13.6. The molecule has 0 radical (unpaired) electrons. The lowest BCUT2D eigenvalue weighted by Gasteiger charge is -2.32. The second-order valence-electron chi connectivity index (χ2n) is 4.02. The molecule has 2 atom stereocenters. The maximum absolute atomic E-state index is 10.3. The van der Waals surface area contributed by atoms with Crippen LogP contribution in [0.1, 0.15) is 39.5 Å². The van der Waals surface area contributed by atoms with Crippen molar-refractivity contribution in [1.29, 1.82) is 0 Å². The van der Waals surface area contributed by atoms with Crippen LogP contribution in [0.25, 0.3) is 0 Å². The molecule has 0 aromatic heterocycles. The lowest BCUT2D eigenvalue weighted by atomic mass is 9.81. The van der Waals surface area contributed by atoms with Crippen LogP contribution in [0.3, 0.4) is 0 Å². The van der Waals surface area contributed by atoms with Crippen molar-refractivity contribution in [3.63, 3.8) is 0 Å². The van der Waals surface area contributed by atoms with Gasteiger partial charge in [0.25, 0.3) is 0 Å². The SMILES string of the molecule is CCC(C)C1(O)CCCNCC1. The van der Waals surface area contributed by atoms with Crippen molar-refractivity contribution in [3.05, 3.63) is 0 Å². The largest absolute Gasteiger partial charge is 0.390 e. The van der Waals surface area contributed by atoms with Crippen molar-refractivity contribution in [2.45, 2.75) is 45.1 Å². The summed E-state index contributed by atoms with van der Waals surface area (Å²) >= 11 is 0. The molecule has 1 saturated heterocycles. The first-order chi connectivity index (χ1) is 5.69. The summed E-state index contributed by atoms with van der Waals surface area (Å²) in [7, 11) is 0. The molecule has 0 saturated carbocycles. The van der Waals surface area contributed by atoms with Crippen LogP contribution < -0.4 is 5.32 Å². The van der Waals surface area contributed by atoms with Gasteiger partial charge in [-0.2, -0.15) is 0 Å². The second kappa shape index (κ2) is 4.24. The van der Waals surface area contributed by atoms with E-state index in [9.17, 15) is 5.11 Å². The van der Waals surface area contributed by atoms with Crippen molar-refractivity contribution in [1.82, 2.24) is 5.32 Å². The Hall–Kier alpha value is -0.0800. The standard InChI is InChI=1S/C10H21NO/c1-3-9(2)10(12)5-4-7-11-8-6-10/h9,11-12H,3-8H2,1-2H3. The number of nitrogens with one attached hydrogen (secondary N) is 1. The van der Waals surface area contributed by atoms with Gasteiger partial charge in [-0.3, -0.25) is 0 Å². The molecule has 1 fully saturated rings. The lowest BCUT2D eigenvalue weighted by molar-refractivity contribution is -0.0238. The number of hydrogen-bond donors (Lipinski definition) is 2. The van der Waals surface area contributed by atoms with Crippen LogP contribution in [0.2, 0.25) is 0 Å². The Bertz CT molecular complexity index is 128. The molecule has 0 aromatic carbocycles. The Morgan fingerprint density at radius 2 is 2.17 bits per heavy atom. The quantitative estimate of drug-likeness (QED) is 0.660. The van der Waals surface area contributed by atoms with E-state index in [2.05, 4.69) is 19.2 Å². The average Bonchev–Trinajstić information content (AvgIpc) is 2.29. The average molecular weight is 171 g/mol. The third-order valence-corrected chi connectivity index (χ3v) is 3.23. The first-order valence-corrected chi connectivity index (χ1v) is 5.12. The number of aliphatic hydroxyl groups is 1. The molecule has 0 amide bonds. The van der Waals surface area contributed by atoms with E-state index in [4.69, 9.17) is 0 Å². The highest BCUT2D eigenvalue weighted by Crippen LogP contribution is 2.29. The second-order valence-corrected chi connectivity index (χ2v) is 4.02. The topological polar surface area (TPSA) is 32.3 Å². The van der Waals surface area contributed by atoms with Gasteiger partial charge >= 0.3 is 0 Å². The zero-order chi connectivity index (χ0) is 9.03. The first kappa shape index (κ1) is 10.0. The van der Waals surface area contributed by atoms with Gasteiger partial charge in [0.15, 0.2) is 0 Å². The van der Waals surface area contributed by atoms with Crippen LogP contribution in [0.5, 0.6) is 0 Å². The molecule has 1 aliphatic heterocycles. The first-order valence-electron chi connectivity index (χ1n) is 5.12. The van der Waals surface area contributed by atoms with Crippen LogP contribution in [0.4, 0.5) is 0 Å². The summed E-state index contributed by atoms with van der Waals surface area (Å²) in [6.45, 7) is 6.35. The highest BCUT2D eigenvalue weighted by atomic mass is 16.3. The van der Waals surface area contributed by atoms with Crippen molar-refractivity contribution in [3.8, 4) is 0 Å². The van der Waals surface area contributed by atoms with E-state index < -0.39 is 5.60 Å². The van der Waals surface area contributed by atoms with E-state index in [1.165, 1.54) is 0 Å². The fraction of sp³-hybridized carbons (Fsp3) is 1.00. The minimum atomic E-state index is -0.391. The molecule has 12 heavy (non-hydrogen) atoms. The summed E-state index contributed by atoms with van der Waals surface area (Å²) in [4.78, 5) is 0. The summed E-state index contributed by atoms with van der Waals surface area (Å²) < 4.78 is 0. The van der Waals surface area contributed by atoms with E-state index >= 15 is 0 Å². The van der Waals surface area contributed by atoms with Crippen molar-refractivity contribution >= 4 is 0 Å². The Morgan fingerprint density at radius 3 is 2.83 bits per heavy atom. The predicted molar refractivity (Wildman–Crippen MR) is 51.1 cm³/mol. The third-order valence-electron chi connectivity index (χ3n) is 3.23. The molecule has 2 nitrogen and oxygen atoms in total. The van der Waals surface area contributed by atoms with Crippen molar-refractivity contribution < 1.29 is 5.11 Å². The minimum absolute atomic E-state index is 0.391. The van der Waals surface area contributed by atoms with Crippen LogP contribution in [-0.2, 0) is 0 Å². The van der Waals surface area contributed by atoms with E-state index in [0.29, 0.717) is 5.92 Å². The zero-order valence-electron chi connectivity index (χ0n) is 8.27. The van der Waals surface area contributed by atoms with Crippen LogP contribution >= 0.6 is 0 Å². The molecule has 2 unspecified atom stereocenters. The number of rotatable bonds is 2. The van der Waals surface area contributed by atoms with Crippen LogP contribution in [0, 0.1) is 5.92 Å². The lowest BCUT2D eigenvalue weighted by Crippen LogP contribution is -2.36. The van der Waals surface area contributed by atoms with Gasteiger partial charge < -0.3 is 10.4 Å². The van der Waals surface area contributed by atoms with E-state index in [-0.39, 0.29) is 0 Å². The highest BCUT2D eigenvalue weighted by molar-refractivity contribution is 4.86. The van der Waals surface area contributed by atoms with Gasteiger partial charge in [-0.1, -0.05) is 20.3 Å². The maximum Gasteiger partial charge on any atom is 0.0685 e. The predicted octanol–water partition coefficient (Wildman–Crippen LogP) is 1.54. The maximum atomic E-state index is 10.3. The van der Waals surface area contributed by atoms with Gasteiger partial charge in [-0.25, -0.2) is 0 Å². The molecule has 1 rings (SSSR count). The van der Waals surface area contributed by atoms with Crippen molar-refractivity contribution in [2.24, 2.45) is 5.92 Å². The van der Waals surface area contributed by atoms with Crippen LogP contribution in [-0.4, -0.2) is 23.8 Å². The summed E-state index contributed by atoms with van der Waals surface area (Å²) in [5.41, 5.74) is -0.391. The third kappa shape index (κ3) is 2.20. The number of hydrogen-bond acceptors (Lipinski definition) is 2. The Balaban J connectivity index is 2.53. The molecule has 0 bridgehead atoms. The molecule has 1 aliphatic rings. The molecule has 0 aromatic rings. The monoisotopic (exact) mass is 171 g/mol. The Labute approximate surface area is 75.4 Å². The fourth-order valence-electron chi connectivity index (χ4n) is 1.95. The fourth-order valence-corrected chi connectivity index (χ4v) is 1.95. The zero-order valence-corrected chi connectivity index (χ0v) is 8.27. The van der Waals surface area contributed by atoms with Crippen LogP contribution in [0.15, 0.2) is 0 Å². The molecule has 0 spiro atoms. The smallest absolute Gasteiger partial charge is 0.0685 e. The normalized spacial score (nSPS) is 34.2. The highest BCUT2D eigenvalue weighted by Gasteiger charge is 2.32. The van der Waals surface area contributed by atoms with Gasteiger partial charge in [0.1, 0.15) is 0 Å². The summed E-state index contributed by atoms with van der Waals surface area (Å²) in [6, 6.07) is 0. The van der Waals surface area contributed by atoms with E-state index in [1.807, 2.05) is 0 Å². The molecule has 2 N–H and O–H groups in total. The van der Waals surface area contributed by atoms with Gasteiger partial charge in [0.2, 0.25) is 0 Å². The van der Waals surface area contributed by atoms with Gasteiger partial charge in [0.05, 0.1) is 5.60 Å². The molecule has 0 aliphatic carbocycles.